The summed E-state index contributed by atoms with van der Waals surface area (Å²) in [6.45, 7) is 3.29. The number of β-lactam (4-membered cyclic amide) rings is 1. The maximum atomic E-state index is 13.2. The monoisotopic (exact) mass is 384 g/mol. The van der Waals surface area contributed by atoms with Crippen LogP contribution in [0.5, 0.6) is 0 Å². The predicted octanol–water partition coefficient (Wildman–Crippen LogP) is 4.66. The van der Waals surface area contributed by atoms with E-state index < -0.39 is 5.60 Å². The summed E-state index contributed by atoms with van der Waals surface area (Å²) in [6.07, 6.45) is 0.672. The molecule has 0 radical (unpaired) electrons. The number of hydroxylamine groups is 2. The van der Waals surface area contributed by atoms with Crippen LogP contribution in [0.25, 0.3) is 0 Å². The van der Waals surface area contributed by atoms with Crippen molar-refractivity contribution in [2.75, 3.05) is 11.4 Å². The second-order valence-electron chi connectivity index (χ2n) is 8.00. The van der Waals surface area contributed by atoms with E-state index in [2.05, 4.69) is 31.2 Å². The van der Waals surface area contributed by atoms with E-state index in [1.807, 2.05) is 70.6 Å². The van der Waals surface area contributed by atoms with Gasteiger partial charge in [-0.15, -0.1) is 0 Å². The van der Waals surface area contributed by atoms with Crippen molar-refractivity contribution in [2.24, 2.45) is 0 Å². The van der Waals surface area contributed by atoms with E-state index in [9.17, 15) is 4.79 Å². The molecule has 2 aliphatic rings. The lowest BCUT2D eigenvalue weighted by Crippen LogP contribution is -2.67. The van der Waals surface area contributed by atoms with Gasteiger partial charge in [0.1, 0.15) is 0 Å². The van der Waals surface area contributed by atoms with Crippen molar-refractivity contribution >= 4 is 11.6 Å². The Hall–Kier alpha value is -2.95. The van der Waals surface area contributed by atoms with E-state index in [-0.39, 0.29) is 11.9 Å². The number of aryl methyl sites for hydroxylation is 1. The van der Waals surface area contributed by atoms with Crippen LogP contribution in [-0.4, -0.2) is 23.1 Å². The molecule has 2 atom stereocenters. The van der Waals surface area contributed by atoms with Crippen LogP contribution in [0.3, 0.4) is 0 Å². The average Bonchev–Trinajstić information content (AvgIpc) is 3.15. The zero-order valence-electron chi connectivity index (χ0n) is 16.5. The molecule has 146 valence electrons. The molecule has 5 rings (SSSR count). The first-order chi connectivity index (χ1) is 14.1. The predicted molar refractivity (Wildman–Crippen MR) is 113 cm³/mol. The van der Waals surface area contributed by atoms with Crippen LogP contribution in [0.4, 0.5) is 5.69 Å². The number of amides is 1. The molecule has 4 nitrogen and oxygen atoms in total. The minimum Gasteiger partial charge on any atom is -0.306 e. The lowest BCUT2D eigenvalue weighted by Gasteiger charge is -2.45. The Balaban J connectivity index is 1.41. The maximum Gasteiger partial charge on any atom is 0.263 e. The summed E-state index contributed by atoms with van der Waals surface area (Å²) in [5.74, 6) is 0.0536. The van der Waals surface area contributed by atoms with Crippen molar-refractivity contribution in [3.63, 3.8) is 0 Å². The molecule has 3 aromatic carbocycles. The number of hydrogen-bond acceptors (Lipinski definition) is 3. The third kappa shape index (κ3) is 3.24. The highest BCUT2D eigenvalue weighted by Gasteiger charge is 2.61. The van der Waals surface area contributed by atoms with Gasteiger partial charge >= 0.3 is 0 Å². The van der Waals surface area contributed by atoms with E-state index in [4.69, 9.17) is 4.84 Å². The largest absolute Gasteiger partial charge is 0.306 e. The Bertz CT molecular complexity index is 1000. The van der Waals surface area contributed by atoms with Crippen molar-refractivity contribution in [1.29, 1.82) is 0 Å². The number of rotatable bonds is 4. The summed E-state index contributed by atoms with van der Waals surface area (Å²) in [5.41, 5.74) is 3.72. The highest BCUT2D eigenvalue weighted by Crippen LogP contribution is 2.47. The molecule has 0 N–H and O–H groups in total. The van der Waals surface area contributed by atoms with Gasteiger partial charge in [-0.2, -0.15) is 5.06 Å². The number of carbonyl (C=O) groups is 1. The van der Waals surface area contributed by atoms with Crippen molar-refractivity contribution in [3.8, 4) is 0 Å². The van der Waals surface area contributed by atoms with Gasteiger partial charge < -0.3 is 4.90 Å². The SMILES string of the molecule is Cc1ccc(N2C[C@]3(C[C@@H](c4ccccc4)N(Cc4ccccc4)O3)C2=O)cc1. The summed E-state index contributed by atoms with van der Waals surface area (Å²) in [5, 5.41) is 2.00. The highest BCUT2D eigenvalue weighted by atomic mass is 16.7. The Labute approximate surface area is 171 Å². The van der Waals surface area contributed by atoms with Gasteiger partial charge in [0.2, 0.25) is 0 Å². The third-order valence-corrected chi connectivity index (χ3v) is 5.92. The Kier molecular flexibility index (Phi) is 4.46. The minimum atomic E-state index is -0.764. The minimum absolute atomic E-state index is 0.0536. The van der Waals surface area contributed by atoms with Gasteiger partial charge in [0.15, 0.2) is 5.60 Å². The van der Waals surface area contributed by atoms with Gasteiger partial charge in [0.25, 0.3) is 5.91 Å². The standard InChI is InChI=1S/C25H24N2O2/c1-19-12-14-22(15-13-19)26-18-25(24(26)28)16-23(21-10-6-3-7-11-21)27(29-25)17-20-8-4-2-5-9-20/h2-15,23H,16-18H2,1H3/t23-,25+/m0/s1. The van der Waals surface area contributed by atoms with Gasteiger partial charge in [-0.05, 0) is 30.2 Å². The molecule has 2 fully saturated rings. The zero-order chi connectivity index (χ0) is 19.8. The van der Waals surface area contributed by atoms with Crippen LogP contribution in [0, 0.1) is 6.92 Å². The molecule has 1 spiro atoms. The van der Waals surface area contributed by atoms with E-state index in [0.717, 1.165) is 5.69 Å². The molecular formula is C25H24N2O2. The Morgan fingerprint density at radius 3 is 2.24 bits per heavy atom. The molecule has 0 bridgehead atoms. The molecule has 0 aliphatic carbocycles. The summed E-state index contributed by atoms with van der Waals surface area (Å²) >= 11 is 0. The van der Waals surface area contributed by atoms with E-state index in [1.54, 1.807) is 0 Å². The lowest BCUT2D eigenvalue weighted by molar-refractivity contribution is -0.219. The molecule has 3 aromatic rings. The van der Waals surface area contributed by atoms with Gasteiger partial charge in [0.05, 0.1) is 12.6 Å². The van der Waals surface area contributed by atoms with E-state index in [0.29, 0.717) is 19.5 Å². The maximum absolute atomic E-state index is 13.2. The molecule has 0 aromatic heterocycles. The highest BCUT2D eigenvalue weighted by molar-refractivity contribution is 6.07. The first kappa shape index (κ1) is 18.1. The second-order valence-corrected chi connectivity index (χ2v) is 8.00. The van der Waals surface area contributed by atoms with Crippen molar-refractivity contribution in [3.05, 3.63) is 102 Å². The van der Waals surface area contributed by atoms with E-state index in [1.165, 1.54) is 16.7 Å². The fraction of sp³-hybridized carbons (Fsp3) is 0.240. The smallest absolute Gasteiger partial charge is 0.263 e. The zero-order valence-corrected chi connectivity index (χ0v) is 16.5. The first-order valence-corrected chi connectivity index (χ1v) is 10.1. The number of nitrogens with zero attached hydrogens (tertiary/aromatic N) is 2. The van der Waals surface area contributed by atoms with Crippen LogP contribution in [0.2, 0.25) is 0 Å². The molecule has 0 saturated carbocycles. The molecule has 4 heteroatoms. The molecule has 2 aliphatic heterocycles. The topological polar surface area (TPSA) is 32.8 Å². The number of hydrogen-bond donors (Lipinski definition) is 0. The molecule has 29 heavy (non-hydrogen) atoms. The number of anilines is 1. The second kappa shape index (κ2) is 7.14. The molecule has 0 unspecified atom stereocenters. The van der Waals surface area contributed by atoms with Crippen LogP contribution < -0.4 is 4.90 Å². The van der Waals surface area contributed by atoms with Crippen LogP contribution in [0.1, 0.15) is 29.2 Å². The normalized spacial score (nSPS) is 24.1. The van der Waals surface area contributed by atoms with Gasteiger partial charge in [-0.25, -0.2) is 0 Å². The summed E-state index contributed by atoms with van der Waals surface area (Å²) in [6, 6.07) is 28.8. The summed E-state index contributed by atoms with van der Waals surface area (Å²) in [7, 11) is 0. The van der Waals surface area contributed by atoms with Crippen molar-refractivity contribution in [2.45, 2.75) is 31.5 Å². The number of carbonyl (C=O) groups excluding carboxylic acids is 1. The van der Waals surface area contributed by atoms with Gasteiger partial charge in [-0.1, -0.05) is 78.4 Å². The van der Waals surface area contributed by atoms with Crippen LogP contribution in [0.15, 0.2) is 84.9 Å². The van der Waals surface area contributed by atoms with Crippen LogP contribution >= 0.6 is 0 Å². The Morgan fingerprint density at radius 2 is 1.59 bits per heavy atom. The quantitative estimate of drug-likeness (QED) is 0.614. The van der Waals surface area contributed by atoms with Crippen molar-refractivity contribution in [1.82, 2.24) is 5.06 Å². The summed E-state index contributed by atoms with van der Waals surface area (Å²) < 4.78 is 0. The number of benzene rings is 3. The first-order valence-electron chi connectivity index (χ1n) is 10.1. The summed E-state index contributed by atoms with van der Waals surface area (Å²) in [4.78, 5) is 21.4. The van der Waals surface area contributed by atoms with Gasteiger partial charge in [0, 0.05) is 18.7 Å². The fourth-order valence-electron chi connectivity index (χ4n) is 4.31. The molecule has 2 saturated heterocycles. The van der Waals surface area contributed by atoms with Gasteiger partial charge in [-0.3, -0.25) is 9.63 Å². The Morgan fingerprint density at radius 1 is 0.931 bits per heavy atom. The average molecular weight is 384 g/mol. The lowest BCUT2D eigenvalue weighted by atomic mass is 9.84. The third-order valence-electron chi connectivity index (χ3n) is 5.92. The van der Waals surface area contributed by atoms with Crippen LogP contribution in [-0.2, 0) is 16.2 Å². The molecule has 1 amide bonds. The fourth-order valence-corrected chi connectivity index (χ4v) is 4.31. The van der Waals surface area contributed by atoms with Crippen molar-refractivity contribution < 1.29 is 9.63 Å². The van der Waals surface area contributed by atoms with E-state index >= 15 is 0 Å². The molecular weight excluding hydrogens is 360 g/mol. The molecule has 2 heterocycles.